The van der Waals surface area contributed by atoms with E-state index in [2.05, 4.69) is 16.6 Å². The number of amides is 2. The maximum atomic E-state index is 11.5. The molecule has 160 valence electrons. The van der Waals surface area contributed by atoms with Crippen molar-refractivity contribution in [1.82, 2.24) is 5.32 Å². The molecule has 1 unspecified atom stereocenters. The lowest BCUT2D eigenvalue weighted by atomic mass is 10.1. The van der Waals surface area contributed by atoms with Crippen LogP contribution >= 0.6 is 0 Å². The van der Waals surface area contributed by atoms with Gasteiger partial charge in [0.2, 0.25) is 12.2 Å². The Bertz CT molecular complexity index is 651. The Morgan fingerprint density at radius 3 is 2.21 bits per heavy atom. The van der Waals surface area contributed by atoms with E-state index in [1.807, 2.05) is 5.32 Å². The van der Waals surface area contributed by atoms with Gasteiger partial charge in [-0.05, 0) is 26.2 Å². The van der Waals surface area contributed by atoms with E-state index in [-0.39, 0.29) is 38.2 Å². The van der Waals surface area contributed by atoms with E-state index < -0.39 is 24.2 Å². The molecule has 11 heteroatoms. The molecule has 0 aliphatic carbocycles. The number of carbonyl (C=O) groups excluding carboxylic acids is 5. The summed E-state index contributed by atoms with van der Waals surface area (Å²) in [6.07, 6.45) is 3.25. The lowest BCUT2D eigenvalue weighted by molar-refractivity contribution is -0.139. The summed E-state index contributed by atoms with van der Waals surface area (Å²) in [5.41, 5.74) is 0.263. The number of esters is 1. The smallest absolute Gasteiger partial charge is 0.416 e. The van der Waals surface area contributed by atoms with Crippen molar-refractivity contribution in [3.8, 4) is 0 Å². The number of ether oxygens (including phenoxy) is 3. The average Bonchev–Trinajstić information content (AvgIpc) is 2.67. The normalized spacial score (nSPS) is 10.5. The Morgan fingerprint density at radius 1 is 0.931 bits per heavy atom. The van der Waals surface area contributed by atoms with Crippen LogP contribution in [0, 0.1) is 0 Å². The van der Waals surface area contributed by atoms with E-state index in [0.29, 0.717) is 25.8 Å². The molecule has 29 heavy (non-hydrogen) atoms. The zero-order valence-electron chi connectivity index (χ0n) is 16.3. The summed E-state index contributed by atoms with van der Waals surface area (Å²) < 4.78 is 14.4. The van der Waals surface area contributed by atoms with Crippen LogP contribution in [0.25, 0.3) is 0 Å². The van der Waals surface area contributed by atoms with Crippen LogP contribution in [-0.2, 0) is 28.6 Å². The van der Waals surface area contributed by atoms with Crippen LogP contribution in [0.15, 0.2) is 22.1 Å². The Hall–Kier alpha value is -3.29. The van der Waals surface area contributed by atoms with Crippen molar-refractivity contribution in [2.75, 3.05) is 26.4 Å². The molecule has 0 spiro atoms. The topological polar surface area (TPSA) is 150 Å². The van der Waals surface area contributed by atoms with Gasteiger partial charge in [0.15, 0.2) is 0 Å². The van der Waals surface area contributed by atoms with E-state index >= 15 is 0 Å². The highest BCUT2D eigenvalue weighted by Crippen LogP contribution is 2.09. The number of rotatable bonds is 14. The van der Waals surface area contributed by atoms with Crippen LogP contribution in [0.4, 0.5) is 9.59 Å². The van der Waals surface area contributed by atoms with Crippen molar-refractivity contribution in [3.05, 3.63) is 12.2 Å². The minimum absolute atomic E-state index is 0.0452. The van der Waals surface area contributed by atoms with Crippen molar-refractivity contribution < 1.29 is 38.2 Å². The first-order chi connectivity index (χ1) is 13.9. The lowest BCUT2D eigenvalue weighted by Crippen LogP contribution is -2.32. The quantitative estimate of drug-likeness (QED) is 0.114. The number of unbranched alkanes of at least 4 members (excludes halogenated alkanes) is 1. The van der Waals surface area contributed by atoms with Crippen molar-refractivity contribution in [2.45, 2.75) is 45.1 Å². The highest BCUT2D eigenvalue weighted by Gasteiger charge is 2.12. The summed E-state index contributed by atoms with van der Waals surface area (Å²) in [5, 5.41) is 1.87. The van der Waals surface area contributed by atoms with Crippen LogP contribution < -0.4 is 5.32 Å². The van der Waals surface area contributed by atoms with E-state index in [1.54, 1.807) is 0 Å². The number of imide groups is 1. The molecule has 0 aromatic rings. The van der Waals surface area contributed by atoms with Crippen molar-refractivity contribution >= 4 is 30.3 Å². The predicted octanol–water partition coefficient (Wildman–Crippen LogP) is 1.96. The van der Waals surface area contributed by atoms with Gasteiger partial charge in [-0.15, -0.1) is 0 Å². The monoisotopic (exact) mass is 411 g/mol. The molecular weight excluding hydrogens is 386 g/mol. The Kier molecular flexibility index (Phi) is 14.9. The molecular formula is C18H25N3O8. The van der Waals surface area contributed by atoms with E-state index in [1.165, 1.54) is 19.1 Å². The standard InChI is InChI=1S/C18H25N3O8/c1-14(2)16(24)27-9-5-10-28-17(25)21-18(26)29-11-7-15(20-13-23)6-3-4-8-19-12-22/h15H,1,3-11H2,2H3,(H,21,25,26). The number of aliphatic imine (C=N–C) groups is 2. The number of alkyl carbamates (subject to hydrolysis) is 2. The highest BCUT2D eigenvalue weighted by molar-refractivity contribution is 5.87. The molecule has 11 nitrogen and oxygen atoms in total. The molecule has 0 bridgehead atoms. The average molecular weight is 411 g/mol. The van der Waals surface area contributed by atoms with Gasteiger partial charge in [-0.25, -0.2) is 39.3 Å². The molecule has 0 rings (SSSR count). The molecule has 0 aromatic carbocycles. The van der Waals surface area contributed by atoms with Crippen LogP contribution in [0.1, 0.15) is 39.0 Å². The van der Waals surface area contributed by atoms with Crippen molar-refractivity contribution in [2.24, 2.45) is 9.98 Å². The Labute approximate surface area is 168 Å². The van der Waals surface area contributed by atoms with E-state index in [0.717, 1.165) is 0 Å². The summed E-state index contributed by atoms with van der Waals surface area (Å²) in [6.45, 7) is 5.19. The molecule has 0 heterocycles. The third-order valence-corrected chi connectivity index (χ3v) is 3.35. The summed E-state index contributed by atoms with van der Waals surface area (Å²) in [5.74, 6) is -0.537. The summed E-state index contributed by atoms with van der Waals surface area (Å²) in [7, 11) is 0. The zero-order chi connectivity index (χ0) is 21.9. The van der Waals surface area contributed by atoms with Gasteiger partial charge < -0.3 is 14.2 Å². The summed E-state index contributed by atoms with van der Waals surface area (Å²) in [4.78, 5) is 61.5. The predicted molar refractivity (Wildman–Crippen MR) is 99.6 cm³/mol. The third-order valence-electron chi connectivity index (χ3n) is 3.35. The van der Waals surface area contributed by atoms with Crippen molar-refractivity contribution in [1.29, 1.82) is 0 Å². The van der Waals surface area contributed by atoms with Gasteiger partial charge in [-0.2, -0.15) is 0 Å². The molecule has 0 aliphatic heterocycles. The highest BCUT2D eigenvalue weighted by atomic mass is 16.6. The molecule has 0 saturated heterocycles. The maximum absolute atomic E-state index is 11.5. The van der Waals surface area contributed by atoms with Crippen LogP contribution in [0.5, 0.6) is 0 Å². The van der Waals surface area contributed by atoms with Gasteiger partial charge in [0.1, 0.15) is 0 Å². The Morgan fingerprint density at radius 2 is 1.59 bits per heavy atom. The van der Waals surface area contributed by atoms with Gasteiger partial charge in [0.05, 0.1) is 32.4 Å². The van der Waals surface area contributed by atoms with Crippen LogP contribution in [0.2, 0.25) is 0 Å². The second kappa shape index (κ2) is 16.9. The number of isocyanates is 2. The maximum Gasteiger partial charge on any atom is 0.416 e. The fraction of sp³-hybridized carbons (Fsp3) is 0.611. The summed E-state index contributed by atoms with van der Waals surface area (Å²) >= 11 is 0. The second-order valence-corrected chi connectivity index (χ2v) is 5.80. The number of nitrogens with one attached hydrogen (secondary N) is 1. The third kappa shape index (κ3) is 15.5. The zero-order valence-corrected chi connectivity index (χ0v) is 16.3. The molecule has 0 radical (unpaired) electrons. The first kappa shape index (κ1) is 25.7. The van der Waals surface area contributed by atoms with Gasteiger partial charge in [-0.3, -0.25) is 0 Å². The van der Waals surface area contributed by atoms with Gasteiger partial charge in [0, 0.05) is 18.4 Å². The van der Waals surface area contributed by atoms with E-state index in [4.69, 9.17) is 14.2 Å². The minimum atomic E-state index is -1.00. The SMILES string of the molecule is C=C(C)C(=O)OCCCOC(=O)NC(=O)OCCC(CCCCN=C=O)N=C=O. The van der Waals surface area contributed by atoms with E-state index in [9.17, 15) is 24.0 Å². The number of hydrogen-bond donors (Lipinski definition) is 1. The molecule has 0 aromatic heterocycles. The molecule has 2 amide bonds. The fourth-order valence-electron chi connectivity index (χ4n) is 1.92. The fourth-order valence-corrected chi connectivity index (χ4v) is 1.92. The van der Waals surface area contributed by atoms with Gasteiger partial charge in [-0.1, -0.05) is 6.58 Å². The van der Waals surface area contributed by atoms with Crippen LogP contribution in [-0.4, -0.2) is 62.7 Å². The summed E-state index contributed by atoms with van der Waals surface area (Å²) in [6, 6.07) is -0.394. The number of hydrogen-bond acceptors (Lipinski definition) is 10. The van der Waals surface area contributed by atoms with Crippen LogP contribution in [0.3, 0.4) is 0 Å². The van der Waals surface area contributed by atoms with Crippen molar-refractivity contribution in [3.63, 3.8) is 0 Å². The number of carbonyl (C=O) groups is 3. The first-order valence-electron chi connectivity index (χ1n) is 8.94. The Balaban J connectivity index is 3.91. The molecule has 0 saturated carbocycles. The minimum Gasteiger partial charge on any atom is -0.462 e. The molecule has 0 aliphatic rings. The largest absolute Gasteiger partial charge is 0.462 e. The second-order valence-electron chi connectivity index (χ2n) is 5.80. The number of nitrogens with zero attached hydrogens (tertiary/aromatic N) is 2. The lowest BCUT2D eigenvalue weighted by Gasteiger charge is -2.11. The molecule has 0 fully saturated rings. The molecule has 1 atom stereocenters. The van der Waals surface area contributed by atoms with Gasteiger partial charge >= 0.3 is 18.2 Å². The van der Waals surface area contributed by atoms with Gasteiger partial charge in [0.25, 0.3) is 0 Å². The first-order valence-corrected chi connectivity index (χ1v) is 8.94. The molecule has 1 N–H and O–H groups in total.